The highest BCUT2D eigenvalue weighted by Gasteiger charge is 2.28. The summed E-state index contributed by atoms with van der Waals surface area (Å²) in [6.07, 6.45) is 3.40. The van der Waals surface area contributed by atoms with Gasteiger partial charge in [-0.05, 0) is 30.6 Å². The van der Waals surface area contributed by atoms with Crippen LogP contribution in [-0.2, 0) is 20.6 Å². The van der Waals surface area contributed by atoms with E-state index in [9.17, 15) is 13.2 Å². The molecule has 1 saturated heterocycles. The van der Waals surface area contributed by atoms with Crippen molar-refractivity contribution in [3.63, 3.8) is 0 Å². The molecule has 134 valence electrons. The third kappa shape index (κ3) is 6.45. The third-order valence-corrected chi connectivity index (χ3v) is 6.59. The number of piperidine rings is 1. The Bertz CT molecular complexity index is 612. The topological polar surface area (TPSA) is 66.5 Å². The largest absolute Gasteiger partial charge is 0.356 e. The minimum Gasteiger partial charge on any atom is -0.356 e. The van der Waals surface area contributed by atoms with Crippen LogP contribution in [0.25, 0.3) is 0 Å². The van der Waals surface area contributed by atoms with Crippen LogP contribution in [-0.4, -0.2) is 50.3 Å². The predicted molar refractivity (Wildman–Crippen MR) is 99.4 cm³/mol. The van der Waals surface area contributed by atoms with Crippen LogP contribution < -0.4 is 5.32 Å². The van der Waals surface area contributed by atoms with E-state index >= 15 is 0 Å². The monoisotopic (exact) mass is 370 g/mol. The zero-order valence-electron chi connectivity index (χ0n) is 14.1. The van der Waals surface area contributed by atoms with Gasteiger partial charge < -0.3 is 5.32 Å². The van der Waals surface area contributed by atoms with Gasteiger partial charge >= 0.3 is 0 Å². The van der Waals surface area contributed by atoms with Crippen LogP contribution in [0.15, 0.2) is 30.3 Å². The quantitative estimate of drug-likeness (QED) is 0.712. The molecule has 5 nitrogen and oxygen atoms in total. The highest BCUT2D eigenvalue weighted by atomic mass is 32.2. The molecular weight excluding hydrogens is 344 g/mol. The SMILES string of the molecule is CS(=O)(=O)N1CCC(C(=O)NCCCSCc2ccccc2)CC1. The van der Waals surface area contributed by atoms with E-state index in [1.54, 1.807) is 0 Å². The number of nitrogens with one attached hydrogen (secondary N) is 1. The normalized spacial score (nSPS) is 16.9. The van der Waals surface area contributed by atoms with Crippen LogP contribution in [0.1, 0.15) is 24.8 Å². The summed E-state index contributed by atoms with van der Waals surface area (Å²) in [5, 5.41) is 2.98. The molecule has 0 aliphatic carbocycles. The lowest BCUT2D eigenvalue weighted by molar-refractivity contribution is -0.126. The van der Waals surface area contributed by atoms with Gasteiger partial charge in [0.25, 0.3) is 0 Å². The fraction of sp³-hybridized carbons (Fsp3) is 0.588. The summed E-state index contributed by atoms with van der Waals surface area (Å²) in [6, 6.07) is 10.4. The van der Waals surface area contributed by atoms with Gasteiger partial charge in [0.15, 0.2) is 0 Å². The van der Waals surface area contributed by atoms with Gasteiger partial charge in [-0.3, -0.25) is 4.79 Å². The first-order chi connectivity index (χ1) is 11.5. The Kier molecular flexibility index (Phi) is 7.58. The Morgan fingerprint density at radius 1 is 1.25 bits per heavy atom. The standard InChI is InChI=1S/C17H26N2O3S2/c1-24(21,22)19-11-8-16(9-12-19)17(20)18-10-5-13-23-14-15-6-3-2-4-7-15/h2-4,6-7,16H,5,8-14H2,1H3,(H,18,20). The summed E-state index contributed by atoms with van der Waals surface area (Å²) < 4.78 is 24.4. The average molecular weight is 371 g/mol. The van der Waals surface area contributed by atoms with Crippen molar-refractivity contribution in [1.29, 1.82) is 0 Å². The van der Waals surface area contributed by atoms with Crippen LogP contribution in [0.2, 0.25) is 0 Å². The first kappa shape index (κ1) is 19.3. The summed E-state index contributed by atoms with van der Waals surface area (Å²) >= 11 is 1.87. The fourth-order valence-electron chi connectivity index (χ4n) is 2.74. The Morgan fingerprint density at radius 3 is 2.54 bits per heavy atom. The number of rotatable bonds is 8. The number of hydrogen-bond donors (Lipinski definition) is 1. The molecular formula is C17H26N2O3S2. The van der Waals surface area contributed by atoms with Gasteiger partial charge in [0.2, 0.25) is 15.9 Å². The molecule has 1 aliphatic heterocycles. The lowest BCUT2D eigenvalue weighted by Gasteiger charge is -2.29. The van der Waals surface area contributed by atoms with E-state index in [1.165, 1.54) is 16.1 Å². The van der Waals surface area contributed by atoms with Crippen LogP contribution in [0.3, 0.4) is 0 Å². The maximum atomic E-state index is 12.1. The second kappa shape index (κ2) is 9.44. The van der Waals surface area contributed by atoms with Crippen LogP contribution in [0.4, 0.5) is 0 Å². The number of hydrogen-bond acceptors (Lipinski definition) is 4. The third-order valence-electron chi connectivity index (χ3n) is 4.17. The zero-order chi connectivity index (χ0) is 17.4. The fourth-order valence-corrected chi connectivity index (χ4v) is 4.54. The molecule has 0 unspecified atom stereocenters. The number of benzene rings is 1. The summed E-state index contributed by atoms with van der Waals surface area (Å²) in [5.74, 6) is 2.02. The van der Waals surface area contributed by atoms with Crippen molar-refractivity contribution in [2.45, 2.75) is 25.0 Å². The maximum absolute atomic E-state index is 12.1. The van der Waals surface area contributed by atoms with Crippen LogP contribution in [0, 0.1) is 5.92 Å². The van der Waals surface area contributed by atoms with E-state index in [2.05, 4.69) is 17.4 Å². The van der Waals surface area contributed by atoms with Gasteiger partial charge in [-0.25, -0.2) is 12.7 Å². The van der Waals surface area contributed by atoms with Crippen molar-refractivity contribution in [2.75, 3.05) is 31.6 Å². The van der Waals surface area contributed by atoms with Gasteiger partial charge in [0, 0.05) is 31.3 Å². The zero-order valence-corrected chi connectivity index (χ0v) is 15.7. The Labute approximate surface area is 149 Å². The first-order valence-electron chi connectivity index (χ1n) is 8.31. The smallest absolute Gasteiger partial charge is 0.223 e. The Hall–Kier alpha value is -1.05. The van der Waals surface area contributed by atoms with Gasteiger partial charge in [0.1, 0.15) is 0 Å². The molecule has 1 amide bonds. The molecule has 0 saturated carbocycles. The molecule has 1 aromatic carbocycles. The van der Waals surface area contributed by atoms with E-state index in [0.717, 1.165) is 17.9 Å². The minimum absolute atomic E-state index is 0.0556. The van der Waals surface area contributed by atoms with Gasteiger partial charge in [0.05, 0.1) is 6.26 Å². The van der Waals surface area contributed by atoms with Crippen molar-refractivity contribution in [1.82, 2.24) is 9.62 Å². The van der Waals surface area contributed by atoms with Crippen LogP contribution in [0.5, 0.6) is 0 Å². The molecule has 0 radical (unpaired) electrons. The predicted octanol–water partition coefficient (Wildman–Crippen LogP) is 2.10. The van der Waals surface area contributed by atoms with E-state index in [0.29, 0.717) is 32.5 Å². The summed E-state index contributed by atoms with van der Waals surface area (Å²) in [5.41, 5.74) is 1.32. The maximum Gasteiger partial charge on any atom is 0.223 e. The average Bonchev–Trinajstić information content (AvgIpc) is 2.58. The molecule has 0 spiro atoms. The number of thioether (sulfide) groups is 1. The van der Waals surface area contributed by atoms with E-state index in [4.69, 9.17) is 0 Å². The van der Waals surface area contributed by atoms with E-state index in [1.807, 2.05) is 30.0 Å². The summed E-state index contributed by atoms with van der Waals surface area (Å²) in [7, 11) is -3.13. The highest BCUT2D eigenvalue weighted by molar-refractivity contribution is 7.98. The number of amides is 1. The van der Waals surface area contributed by atoms with E-state index in [-0.39, 0.29) is 11.8 Å². The lowest BCUT2D eigenvalue weighted by Crippen LogP contribution is -2.42. The minimum atomic E-state index is -3.13. The van der Waals surface area contributed by atoms with Crippen molar-refractivity contribution < 1.29 is 13.2 Å². The van der Waals surface area contributed by atoms with Crippen LogP contribution >= 0.6 is 11.8 Å². The van der Waals surface area contributed by atoms with Gasteiger partial charge in [-0.15, -0.1) is 0 Å². The summed E-state index contributed by atoms with van der Waals surface area (Å²) in [4.78, 5) is 12.1. The van der Waals surface area contributed by atoms with Crippen molar-refractivity contribution in [3.05, 3.63) is 35.9 Å². The highest BCUT2D eigenvalue weighted by Crippen LogP contribution is 2.19. The first-order valence-corrected chi connectivity index (χ1v) is 11.3. The molecule has 0 atom stereocenters. The molecule has 2 rings (SSSR count). The Morgan fingerprint density at radius 2 is 1.92 bits per heavy atom. The number of sulfonamides is 1. The molecule has 7 heteroatoms. The molecule has 1 fully saturated rings. The molecule has 24 heavy (non-hydrogen) atoms. The molecule has 0 bridgehead atoms. The van der Waals surface area contributed by atoms with Crippen molar-refractivity contribution in [3.8, 4) is 0 Å². The van der Waals surface area contributed by atoms with Crippen molar-refractivity contribution >= 4 is 27.7 Å². The number of carbonyl (C=O) groups excluding carboxylic acids is 1. The molecule has 1 aromatic rings. The lowest BCUT2D eigenvalue weighted by atomic mass is 9.97. The van der Waals surface area contributed by atoms with E-state index < -0.39 is 10.0 Å². The molecule has 1 heterocycles. The second-order valence-corrected chi connectivity index (χ2v) is 9.21. The number of carbonyl (C=O) groups is 1. The molecule has 1 aliphatic rings. The summed E-state index contributed by atoms with van der Waals surface area (Å²) in [6.45, 7) is 1.58. The van der Waals surface area contributed by atoms with Gasteiger partial charge in [-0.2, -0.15) is 11.8 Å². The van der Waals surface area contributed by atoms with Gasteiger partial charge in [-0.1, -0.05) is 30.3 Å². The number of nitrogens with zero attached hydrogens (tertiary/aromatic N) is 1. The molecule has 0 aromatic heterocycles. The molecule has 1 N–H and O–H groups in total. The van der Waals surface area contributed by atoms with Crippen molar-refractivity contribution in [2.24, 2.45) is 5.92 Å². The Balaban J connectivity index is 1.56. The second-order valence-electron chi connectivity index (χ2n) is 6.12.